The Kier molecular flexibility index (Phi) is 4.98. The number of halogens is 1. The largest absolute Gasteiger partial charge is 0.460 e. The molecule has 0 spiro atoms. The molecule has 1 aromatic carbocycles. The molecule has 4 rings (SSSR count). The van der Waals surface area contributed by atoms with Crippen LogP contribution < -0.4 is 0 Å². The zero-order chi connectivity index (χ0) is 18.8. The molecule has 0 aliphatic rings. The van der Waals surface area contributed by atoms with Crippen LogP contribution in [0.1, 0.15) is 11.3 Å². The molecule has 5 nitrogen and oxygen atoms in total. The Morgan fingerprint density at radius 3 is 2.67 bits per heavy atom. The van der Waals surface area contributed by atoms with Crippen molar-refractivity contribution in [2.75, 3.05) is 7.11 Å². The smallest absolute Gasteiger partial charge is 0.150 e. The molecule has 0 bridgehead atoms. The second-order valence-corrected chi connectivity index (χ2v) is 6.83. The van der Waals surface area contributed by atoms with Gasteiger partial charge in [0.2, 0.25) is 0 Å². The van der Waals surface area contributed by atoms with E-state index in [4.69, 9.17) is 8.75 Å². The highest BCUT2D eigenvalue weighted by Crippen LogP contribution is 2.31. The second kappa shape index (κ2) is 7.56. The summed E-state index contributed by atoms with van der Waals surface area (Å²) in [6.07, 6.45) is 1.73. The van der Waals surface area contributed by atoms with Crippen LogP contribution in [0.4, 0.5) is 4.39 Å². The summed E-state index contributed by atoms with van der Waals surface area (Å²) in [6, 6.07) is 14.3. The predicted molar refractivity (Wildman–Crippen MR) is 102 cm³/mol. The Labute approximate surface area is 159 Å². The maximum atomic E-state index is 13.3. The number of aryl methyl sites for hydroxylation is 1. The van der Waals surface area contributed by atoms with Crippen LogP contribution in [0.15, 0.2) is 64.0 Å². The van der Waals surface area contributed by atoms with Gasteiger partial charge in [0.05, 0.1) is 29.7 Å². The summed E-state index contributed by atoms with van der Waals surface area (Å²) >= 11 is 1.10. The summed E-state index contributed by atoms with van der Waals surface area (Å²) < 4.78 is 26.1. The molecule has 27 heavy (non-hydrogen) atoms. The minimum Gasteiger partial charge on any atom is -0.460 e. The summed E-state index contributed by atoms with van der Waals surface area (Å²) in [5, 5.41) is 0.950. The number of rotatable bonds is 6. The average molecular weight is 384 g/mol. The van der Waals surface area contributed by atoms with Gasteiger partial charge in [-0.2, -0.15) is 4.33 Å². The third-order valence-electron chi connectivity index (χ3n) is 4.15. The van der Waals surface area contributed by atoms with Crippen molar-refractivity contribution in [3.63, 3.8) is 0 Å². The monoisotopic (exact) mass is 384 g/mol. The van der Waals surface area contributed by atoms with Gasteiger partial charge in [-0.3, -0.25) is 0 Å². The molecule has 0 radical (unpaired) electrons. The quantitative estimate of drug-likeness (QED) is 0.254. The van der Waals surface area contributed by atoms with E-state index in [0.717, 1.165) is 50.7 Å². The van der Waals surface area contributed by atoms with Crippen LogP contribution >= 0.6 is 12.0 Å². The lowest BCUT2D eigenvalue weighted by molar-refractivity contribution is -0.160. The average Bonchev–Trinajstić information content (AvgIpc) is 3.25. The number of nitrogens with zero attached hydrogens (tertiary/aromatic N) is 2. The van der Waals surface area contributed by atoms with Crippen LogP contribution in [-0.4, -0.2) is 16.7 Å². The Hall–Kier alpha value is -2.61. The maximum Gasteiger partial charge on any atom is 0.150 e. The van der Waals surface area contributed by atoms with E-state index in [0.29, 0.717) is 6.54 Å². The van der Waals surface area contributed by atoms with Gasteiger partial charge >= 0.3 is 0 Å². The van der Waals surface area contributed by atoms with E-state index in [2.05, 4.69) is 14.4 Å². The van der Waals surface area contributed by atoms with Crippen LogP contribution in [0.3, 0.4) is 0 Å². The van der Waals surface area contributed by atoms with Gasteiger partial charge in [0, 0.05) is 18.1 Å². The van der Waals surface area contributed by atoms with Crippen LogP contribution in [-0.2, 0) is 15.8 Å². The van der Waals surface area contributed by atoms with E-state index in [1.165, 1.54) is 19.2 Å². The van der Waals surface area contributed by atoms with Crippen molar-refractivity contribution in [1.82, 2.24) is 9.55 Å². The summed E-state index contributed by atoms with van der Waals surface area (Å²) in [4.78, 5) is 10.0. The first-order valence-electron chi connectivity index (χ1n) is 8.32. The number of fused-ring (bicyclic) bond motifs is 1. The number of benzene rings is 1. The topological polar surface area (TPSA) is 49.4 Å². The van der Waals surface area contributed by atoms with E-state index in [9.17, 15) is 4.39 Å². The predicted octanol–water partition coefficient (Wildman–Crippen LogP) is 5.38. The van der Waals surface area contributed by atoms with E-state index in [-0.39, 0.29) is 5.82 Å². The molecule has 3 heterocycles. The normalized spacial score (nSPS) is 11.4. The number of hydrogen-bond acceptors (Lipinski definition) is 5. The number of hydrogen-bond donors (Lipinski definition) is 0. The van der Waals surface area contributed by atoms with Crippen LogP contribution in [0, 0.1) is 12.7 Å². The van der Waals surface area contributed by atoms with Gasteiger partial charge in [-0.1, -0.05) is 12.1 Å². The molecule has 0 fully saturated rings. The molecular formula is C20H17FN2O3S. The number of aromatic nitrogens is 2. The fraction of sp³-hybridized carbons (Fsp3) is 0.150. The van der Waals surface area contributed by atoms with E-state index >= 15 is 0 Å². The molecular weight excluding hydrogens is 367 g/mol. The van der Waals surface area contributed by atoms with E-state index in [1.807, 2.05) is 31.2 Å². The molecule has 0 saturated heterocycles. The van der Waals surface area contributed by atoms with Gasteiger partial charge in [0.1, 0.15) is 17.2 Å². The highest BCUT2D eigenvalue weighted by Gasteiger charge is 2.16. The van der Waals surface area contributed by atoms with Gasteiger partial charge < -0.3 is 8.98 Å². The van der Waals surface area contributed by atoms with Crippen molar-refractivity contribution in [2.45, 2.75) is 18.4 Å². The van der Waals surface area contributed by atoms with Crippen molar-refractivity contribution in [2.24, 2.45) is 0 Å². The first-order chi connectivity index (χ1) is 13.1. The third kappa shape index (κ3) is 3.75. The van der Waals surface area contributed by atoms with Gasteiger partial charge in [-0.15, -0.1) is 0 Å². The molecule has 0 amide bonds. The number of furan rings is 1. The van der Waals surface area contributed by atoms with Crippen LogP contribution in [0.2, 0.25) is 0 Å². The Morgan fingerprint density at radius 2 is 1.96 bits per heavy atom. The standard InChI is InChI=1S/C20H17FN2O3S/c1-13-3-8-19(25-13)18-10-15-9-17(27-26-24-2)11-22-20(15)23(18)12-14-4-6-16(21)7-5-14/h3-11H,12H2,1-2H3. The van der Waals surface area contributed by atoms with E-state index < -0.39 is 0 Å². The van der Waals surface area contributed by atoms with Crippen molar-refractivity contribution in [1.29, 1.82) is 0 Å². The highest BCUT2D eigenvalue weighted by atomic mass is 32.2. The molecule has 138 valence electrons. The Bertz CT molecular complexity index is 1070. The molecule has 0 saturated carbocycles. The molecule has 3 aromatic heterocycles. The van der Waals surface area contributed by atoms with Crippen LogP contribution in [0.25, 0.3) is 22.5 Å². The minimum atomic E-state index is -0.254. The van der Waals surface area contributed by atoms with Crippen LogP contribution in [0.5, 0.6) is 0 Å². The first kappa shape index (κ1) is 17.8. The Balaban J connectivity index is 1.81. The number of pyridine rings is 1. The second-order valence-electron chi connectivity index (χ2n) is 6.05. The lowest BCUT2D eigenvalue weighted by atomic mass is 10.2. The molecule has 0 aliphatic heterocycles. The highest BCUT2D eigenvalue weighted by molar-refractivity contribution is 7.94. The summed E-state index contributed by atoms with van der Waals surface area (Å²) in [7, 11) is 1.45. The van der Waals surface area contributed by atoms with Gasteiger partial charge in [0.25, 0.3) is 0 Å². The molecule has 4 aromatic rings. The zero-order valence-electron chi connectivity index (χ0n) is 14.8. The van der Waals surface area contributed by atoms with Crippen molar-refractivity contribution in [3.8, 4) is 11.5 Å². The molecule has 0 unspecified atom stereocenters. The SMILES string of the molecule is COOSc1cnc2c(c1)cc(-c1ccc(C)o1)n2Cc1ccc(F)cc1. The fourth-order valence-corrected chi connectivity index (χ4v) is 3.37. The maximum absolute atomic E-state index is 13.3. The summed E-state index contributed by atoms with van der Waals surface area (Å²) in [5.74, 6) is 1.34. The minimum absolute atomic E-state index is 0.254. The van der Waals surface area contributed by atoms with Crippen molar-refractivity contribution >= 4 is 23.1 Å². The fourth-order valence-electron chi connectivity index (χ4n) is 2.95. The molecule has 7 heteroatoms. The van der Waals surface area contributed by atoms with Gasteiger partial charge in [-0.25, -0.2) is 14.3 Å². The zero-order valence-corrected chi connectivity index (χ0v) is 15.6. The Morgan fingerprint density at radius 1 is 1.15 bits per heavy atom. The molecule has 0 N–H and O–H groups in total. The summed E-state index contributed by atoms with van der Waals surface area (Å²) in [6.45, 7) is 2.46. The lowest BCUT2D eigenvalue weighted by Crippen LogP contribution is -2.02. The van der Waals surface area contributed by atoms with Crippen molar-refractivity contribution in [3.05, 3.63) is 71.9 Å². The molecule has 0 aliphatic carbocycles. The third-order valence-corrected chi connectivity index (χ3v) is 4.77. The van der Waals surface area contributed by atoms with Gasteiger partial charge in [0.15, 0.2) is 5.76 Å². The van der Waals surface area contributed by atoms with E-state index in [1.54, 1.807) is 18.3 Å². The lowest BCUT2D eigenvalue weighted by Gasteiger charge is -2.09. The van der Waals surface area contributed by atoms with Gasteiger partial charge in [-0.05, 0) is 48.9 Å². The first-order valence-corrected chi connectivity index (χ1v) is 9.06. The van der Waals surface area contributed by atoms with Crippen molar-refractivity contribution < 1.29 is 18.0 Å². The summed E-state index contributed by atoms with van der Waals surface area (Å²) in [5.41, 5.74) is 2.69. The molecule has 0 atom stereocenters.